The fourth-order valence-corrected chi connectivity index (χ4v) is 4.16. The second-order valence-electron chi connectivity index (χ2n) is 8.03. The van der Waals surface area contributed by atoms with Crippen LogP contribution in [0.25, 0.3) is 21.8 Å². The number of allylic oxidation sites excluding steroid dienone is 2. The fraction of sp³-hybridized carbons (Fsp3) is 0.417. The van der Waals surface area contributed by atoms with Crippen LogP contribution in [-0.4, -0.2) is 46.9 Å². The van der Waals surface area contributed by atoms with Crippen molar-refractivity contribution in [3.8, 4) is 5.75 Å². The van der Waals surface area contributed by atoms with Crippen molar-refractivity contribution in [1.82, 2.24) is 9.47 Å². The third kappa shape index (κ3) is 3.94. The van der Waals surface area contributed by atoms with Crippen LogP contribution >= 0.6 is 0 Å². The Morgan fingerprint density at radius 3 is 2.61 bits per heavy atom. The van der Waals surface area contributed by atoms with Gasteiger partial charge in [0.25, 0.3) is 0 Å². The topological polar surface area (TPSA) is 37.6 Å². The van der Waals surface area contributed by atoms with Gasteiger partial charge in [-0.05, 0) is 58.0 Å². The molecule has 0 spiro atoms. The highest BCUT2D eigenvalue weighted by Crippen LogP contribution is 2.35. The number of β-amino-alcohol motifs (C(OH)–C–C–N with tert-alkyl or cyclic N) is 1. The molecule has 1 saturated heterocycles. The summed E-state index contributed by atoms with van der Waals surface area (Å²) in [5, 5.41) is 12.8. The molecule has 0 saturated carbocycles. The van der Waals surface area contributed by atoms with E-state index < -0.39 is 6.10 Å². The Labute approximate surface area is 167 Å². The lowest BCUT2D eigenvalue weighted by atomic mass is 10.1. The minimum absolute atomic E-state index is 0.323. The first-order valence-corrected chi connectivity index (χ1v) is 10.3. The maximum Gasteiger partial charge on any atom is 0.129 e. The van der Waals surface area contributed by atoms with Gasteiger partial charge in [0.1, 0.15) is 18.5 Å². The Morgan fingerprint density at radius 1 is 1.07 bits per heavy atom. The molecule has 0 radical (unpaired) electrons. The maximum atomic E-state index is 10.4. The number of likely N-dealkylation sites (tertiary alicyclic amines) is 1. The van der Waals surface area contributed by atoms with E-state index in [2.05, 4.69) is 59.7 Å². The molecule has 1 unspecified atom stereocenters. The smallest absolute Gasteiger partial charge is 0.129 e. The number of aliphatic hydroxyl groups is 1. The van der Waals surface area contributed by atoms with E-state index in [0.717, 1.165) is 30.8 Å². The number of aromatic nitrogens is 1. The van der Waals surface area contributed by atoms with Gasteiger partial charge in [0, 0.05) is 29.4 Å². The molecule has 2 heterocycles. The van der Waals surface area contributed by atoms with Gasteiger partial charge in [0.2, 0.25) is 0 Å². The highest BCUT2D eigenvalue weighted by Gasteiger charge is 2.18. The fourth-order valence-electron chi connectivity index (χ4n) is 4.16. The molecule has 4 heteroatoms. The van der Waals surface area contributed by atoms with Crippen molar-refractivity contribution < 1.29 is 9.84 Å². The van der Waals surface area contributed by atoms with Crippen molar-refractivity contribution in [3.63, 3.8) is 0 Å². The second-order valence-corrected chi connectivity index (χ2v) is 8.03. The van der Waals surface area contributed by atoms with Crippen molar-refractivity contribution in [2.75, 3.05) is 26.2 Å². The van der Waals surface area contributed by atoms with E-state index in [1.807, 2.05) is 12.1 Å². The summed E-state index contributed by atoms with van der Waals surface area (Å²) in [5.41, 5.74) is 3.69. The van der Waals surface area contributed by atoms with E-state index in [0.29, 0.717) is 13.2 Å². The van der Waals surface area contributed by atoms with Crippen molar-refractivity contribution in [1.29, 1.82) is 0 Å². The first kappa shape index (κ1) is 19.0. The van der Waals surface area contributed by atoms with E-state index in [1.165, 1.54) is 34.8 Å². The summed E-state index contributed by atoms with van der Waals surface area (Å²) in [6.45, 7) is 8.29. The minimum Gasteiger partial charge on any atom is -0.490 e. The van der Waals surface area contributed by atoms with E-state index in [4.69, 9.17) is 4.74 Å². The molecule has 4 rings (SSSR count). The van der Waals surface area contributed by atoms with Crippen LogP contribution in [0.5, 0.6) is 5.75 Å². The lowest BCUT2D eigenvalue weighted by molar-refractivity contribution is 0.0764. The Bertz CT molecular complexity index is 979. The highest BCUT2D eigenvalue weighted by atomic mass is 16.5. The second kappa shape index (κ2) is 8.38. The lowest BCUT2D eigenvalue weighted by Crippen LogP contribution is -2.33. The molecule has 1 aliphatic rings. The number of para-hydroxylation sites is 1. The molecule has 0 bridgehead atoms. The summed E-state index contributed by atoms with van der Waals surface area (Å²) in [4.78, 5) is 2.32. The summed E-state index contributed by atoms with van der Waals surface area (Å²) < 4.78 is 8.47. The van der Waals surface area contributed by atoms with Crippen molar-refractivity contribution in [3.05, 3.63) is 54.1 Å². The Hall–Kier alpha value is -2.30. The molecular formula is C24H30N2O2. The molecule has 1 fully saturated rings. The predicted octanol–water partition coefficient (Wildman–Crippen LogP) is 4.60. The standard InChI is InChI=1S/C24H30N2O2/c1-18(2)12-15-26-21-9-4-3-8-20(21)24-22(26)10-7-11-23(24)28-17-19(27)16-25-13-5-6-14-25/h3-4,7-12,19,27H,5-6,13-17H2,1-2H3. The summed E-state index contributed by atoms with van der Waals surface area (Å²) >= 11 is 0. The molecule has 4 nitrogen and oxygen atoms in total. The summed E-state index contributed by atoms with van der Waals surface area (Å²) in [5.74, 6) is 0.852. The van der Waals surface area contributed by atoms with Crippen LogP contribution in [0.1, 0.15) is 26.7 Å². The predicted molar refractivity (Wildman–Crippen MR) is 116 cm³/mol. The van der Waals surface area contributed by atoms with Gasteiger partial charge in [-0.15, -0.1) is 0 Å². The molecule has 2 aromatic carbocycles. The number of fused-ring (bicyclic) bond motifs is 3. The molecule has 148 valence electrons. The molecule has 28 heavy (non-hydrogen) atoms. The van der Waals surface area contributed by atoms with Gasteiger partial charge in [-0.2, -0.15) is 0 Å². The third-order valence-electron chi connectivity index (χ3n) is 5.54. The zero-order valence-corrected chi connectivity index (χ0v) is 16.9. The van der Waals surface area contributed by atoms with E-state index >= 15 is 0 Å². The van der Waals surface area contributed by atoms with Crippen LogP contribution in [0.15, 0.2) is 54.1 Å². The number of nitrogens with zero attached hydrogens (tertiary/aromatic N) is 2. The van der Waals surface area contributed by atoms with Crippen LogP contribution in [-0.2, 0) is 6.54 Å². The van der Waals surface area contributed by atoms with Crippen LogP contribution in [0.3, 0.4) is 0 Å². The Balaban J connectivity index is 1.64. The van der Waals surface area contributed by atoms with E-state index in [9.17, 15) is 5.11 Å². The molecule has 3 aromatic rings. The van der Waals surface area contributed by atoms with Crippen LogP contribution in [0.2, 0.25) is 0 Å². The zero-order chi connectivity index (χ0) is 19.5. The van der Waals surface area contributed by atoms with E-state index in [1.54, 1.807) is 0 Å². The Morgan fingerprint density at radius 2 is 1.82 bits per heavy atom. The average molecular weight is 379 g/mol. The van der Waals surface area contributed by atoms with Gasteiger partial charge >= 0.3 is 0 Å². The first-order chi connectivity index (χ1) is 13.6. The summed E-state index contributed by atoms with van der Waals surface area (Å²) in [6, 6.07) is 14.7. The largest absolute Gasteiger partial charge is 0.490 e. The van der Waals surface area contributed by atoms with Crippen LogP contribution in [0.4, 0.5) is 0 Å². The number of hydrogen-bond acceptors (Lipinski definition) is 3. The number of hydrogen-bond donors (Lipinski definition) is 1. The third-order valence-corrected chi connectivity index (χ3v) is 5.54. The highest BCUT2D eigenvalue weighted by molar-refractivity contribution is 6.11. The molecule has 0 aliphatic carbocycles. The van der Waals surface area contributed by atoms with Gasteiger partial charge in [-0.1, -0.05) is 35.9 Å². The van der Waals surface area contributed by atoms with Crippen molar-refractivity contribution in [2.24, 2.45) is 0 Å². The van der Waals surface area contributed by atoms with Gasteiger partial charge in [-0.3, -0.25) is 0 Å². The van der Waals surface area contributed by atoms with Gasteiger partial charge in [0.15, 0.2) is 0 Å². The number of benzene rings is 2. The molecular weight excluding hydrogens is 348 g/mol. The Kier molecular flexibility index (Phi) is 5.69. The van der Waals surface area contributed by atoms with E-state index in [-0.39, 0.29) is 0 Å². The van der Waals surface area contributed by atoms with Crippen LogP contribution < -0.4 is 4.74 Å². The molecule has 0 amide bonds. The van der Waals surface area contributed by atoms with Crippen molar-refractivity contribution >= 4 is 21.8 Å². The maximum absolute atomic E-state index is 10.4. The monoisotopic (exact) mass is 378 g/mol. The molecule has 1 aromatic heterocycles. The number of rotatable bonds is 7. The molecule has 1 aliphatic heterocycles. The van der Waals surface area contributed by atoms with Gasteiger partial charge in [-0.25, -0.2) is 0 Å². The minimum atomic E-state index is -0.465. The quantitative estimate of drug-likeness (QED) is 0.611. The summed E-state index contributed by atoms with van der Waals surface area (Å²) in [6.07, 6.45) is 4.25. The number of aliphatic hydroxyl groups excluding tert-OH is 1. The van der Waals surface area contributed by atoms with Crippen LogP contribution in [0, 0.1) is 0 Å². The lowest BCUT2D eigenvalue weighted by Gasteiger charge is -2.19. The normalized spacial score (nSPS) is 16.0. The number of ether oxygens (including phenoxy) is 1. The van der Waals surface area contributed by atoms with Gasteiger partial charge in [0.05, 0.1) is 5.52 Å². The molecule has 1 N–H and O–H groups in total. The zero-order valence-electron chi connectivity index (χ0n) is 16.9. The SMILES string of the molecule is CC(C)=CCn1c2ccccc2c2c(OCC(O)CN3CCCC3)cccc21. The molecule has 1 atom stereocenters. The van der Waals surface area contributed by atoms with Gasteiger partial charge < -0.3 is 19.3 Å². The average Bonchev–Trinajstić information content (AvgIpc) is 3.30. The van der Waals surface area contributed by atoms with Crippen molar-refractivity contribution in [2.45, 2.75) is 39.3 Å². The summed E-state index contributed by atoms with van der Waals surface area (Å²) in [7, 11) is 0. The first-order valence-electron chi connectivity index (χ1n) is 10.3.